The van der Waals surface area contributed by atoms with Crippen molar-refractivity contribution in [2.75, 3.05) is 26.3 Å². The normalized spacial score (nSPS) is 17.1. The highest BCUT2D eigenvalue weighted by atomic mass is 28.4. The maximum atomic E-state index is 12.1. The predicted octanol–water partition coefficient (Wildman–Crippen LogP) is 3.83. The van der Waals surface area contributed by atoms with Crippen molar-refractivity contribution in [3.05, 3.63) is 0 Å². The van der Waals surface area contributed by atoms with Crippen LogP contribution in [0.3, 0.4) is 0 Å². The summed E-state index contributed by atoms with van der Waals surface area (Å²) in [6, 6.07) is -1.17. The molecule has 1 saturated heterocycles. The number of alkyl carbamates (subject to hydrolysis) is 1. The lowest BCUT2D eigenvalue weighted by molar-refractivity contribution is -0.140. The third kappa shape index (κ3) is 9.47. The quantitative estimate of drug-likeness (QED) is 0.555. The van der Waals surface area contributed by atoms with E-state index < -0.39 is 32.0 Å². The third-order valence-corrected chi connectivity index (χ3v) is 10.2. The Morgan fingerprint density at radius 3 is 2.10 bits per heavy atom. The van der Waals surface area contributed by atoms with Crippen LogP contribution in [-0.2, 0) is 18.7 Å². The van der Waals surface area contributed by atoms with E-state index in [2.05, 4.69) is 26.1 Å². The number of nitrogens with one attached hydrogen (secondary N) is 1. The number of ether oxygens (including phenoxy) is 2. The molecule has 1 rings (SSSR count). The molecule has 1 atom stereocenters. The first kappa shape index (κ1) is 27.2. The minimum Gasteiger partial charge on any atom is -0.480 e. The van der Waals surface area contributed by atoms with Gasteiger partial charge in [0.25, 0.3) is 0 Å². The van der Waals surface area contributed by atoms with Crippen molar-refractivity contribution < 1.29 is 33.4 Å². The lowest BCUT2D eigenvalue weighted by Gasteiger charge is -2.36. The van der Waals surface area contributed by atoms with Gasteiger partial charge < -0.3 is 29.2 Å². The van der Waals surface area contributed by atoms with Crippen molar-refractivity contribution in [3.8, 4) is 0 Å². The Balaban J connectivity index is 2.43. The molecule has 9 nitrogen and oxygen atoms in total. The van der Waals surface area contributed by atoms with Gasteiger partial charge in [-0.15, -0.1) is 0 Å². The van der Waals surface area contributed by atoms with Gasteiger partial charge in [0.2, 0.25) is 0 Å². The summed E-state index contributed by atoms with van der Waals surface area (Å²) in [6.07, 6.45) is 0.253. The maximum absolute atomic E-state index is 12.1. The van der Waals surface area contributed by atoms with Gasteiger partial charge in [0.05, 0.1) is 13.2 Å². The fourth-order valence-corrected chi connectivity index (χ4v) is 3.69. The van der Waals surface area contributed by atoms with Crippen LogP contribution in [0.5, 0.6) is 0 Å². The molecule has 1 heterocycles. The number of amides is 2. The number of piperidine rings is 1. The van der Waals surface area contributed by atoms with E-state index in [0.717, 1.165) is 0 Å². The fourth-order valence-electron chi connectivity index (χ4n) is 2.67. The third-order valence-electron chi connectivity index (χ3n) is 5.72. The first-order chi connectivity index (χ1) is 14.0. The summed E-state index contributed by atoms with van der Waals surface area (Å²) in [5.41, 5.74) is -0.538. The van der Waals surface area contributed by atoms with Crippen molar-refractivity contribution >= 4 is 26.5 Å². The molecule has 0 aliphatic carbocycles. The zero-order valence-corrected chi connectivity index (χ0v) is 21.2. The van der Waals surface area contributed by atoms with Crippen LogP contribution in [0, 0.1) is 5.92 Å². The van der Waals surface area contributed by atoms with Crippen molar-refractivity contribution in [1.82, 2.24) is 10.2 Å². The highest BCUT2D eigenvalue weighted by Gasteiger charge is 2.38. The SMILES string of the molecule is CC(C)(C)OC(=O)N1CCC(COC(=O)N[C@@H](CO[Si](C)(C)C(C)(C)C)C(=O)O)CC1. The van der Waals surface area contributed by atoms with Crippen molar-refractivity contribution in [3.63, 3.8) is 0 Å². The van der Waals surface area contributed by atoms with Gasteiger partial charge in [-0.1, -0.05) is 20.8 Å². The molecule has 1 aliphatic rings. The number of carbonyl (C=O) groups excluding carboxylic acids is 2. The lowest BCUT2D eigenvalue weighted by atomic mass is 9.98. The van der Waals surface area contributed by atoms with Gasteiger partial charge in [-0.25, -0.2) is 14.4 Å². The van der Waals surface area contributed by atoms with Gasteiger partial charge in [-0.05, 0) is 57.7 Å². The first-order valence-corrected chi connectivity index (χ1v) is 13.7. The second-order valence-electron chi connectivity index (χ2n) is 10.6. The molecule has 31 heavy (non-hydrogen) atoms. The summed E-state index contributed by atoms with van der Waals surface area (Å²) in [5.74, 6) is -1.06. The van der Waals surface area contributed by atoms with Gasteiger partial charge >= 0.3 is 18.2 Å². The monoisotopic (exact) mass is 460 g/mol. The van der Waals surface area contributed by atoms with Gasteiger partial charge in [0.1, 0.15) is 5.60 Å². The van der Waals surface area contributed by atoms with Crippen molar-refractivity contribution in [2.45, 2.75) is 84.2 Å². The summed E-state index contributed by atoms with van der Waals surface area (Å²) in [6.45, 7) is 16.8. The summed E-state index contributed by atoms with van der Waals surface area (Å²) < 4.78 is 16.5. The minimum atomic E-state index is -2.14. The Morgan fingerprint density at radius 2 is 1.65 bits per heavy atom. The second-order valence-corrected chi connectivity index (χ2v) is 15.4. The Hall–Kier alpha value is -1.81. The van der Waals surface area contributed by atoms with Gasteiger partial charge in [-0.2, -0.15) is 0 Å². The Bertz CT molecular complexity index is 633. The highest BCUT2D eigenvalue weighted by molar-refractivity contribution is 6.74. The number of carboxylic acid groups (broad SMARTS) is 1. The molecule has 0 radical (unpaired) electrons. The van der Waals surface area contributed by atoms with E-state index in [-0.39, 0.29) is 30.3 Å². The van der Waals surface area contributed by atoms with Crippen LogP contribution >= 0.6 is 0 Å². The number of rotatable bonds is 7. The number of hydrogen-bond donors (Lipinski definition) is 2. The number of carbonyl (C=O) groups is 3. The smallest absolute Gasteiger partial charge is 0.410 e. The second kappa shape index (κ2) is 10.7. The standard InChI is InChI=1S/C21H40N2O7Si/c1-20(2,3)30-19(27)23-11-9-15(10-12-23)13-28-18(26)22-16(17(24)25)14-29-31(7,8)21(4,5)6/h15-16H,9-14H2,1-8H3,(H,22,26)(H,24,25)/t16-/m0/s1. The number of carboxylic acids is 1. The largest absolute Gasteiger partial charge is 0.480 e. The molecule has 0 aromatic rings. The molecule has 1 aliphatic heterocycles. The zero-order valence-electron chi connectivity index (χ0n) is 20.2. The minimum absolute atomic E-state index is 0.0648. The van der Waals surface area contributed by atoms with Crippen LogP contribution in [-0.4, -0.2) is 74.4 Å². The molecule has 10 heteroatoms. The zero-order chi connectivity index (χ0) is 24.0. The van der Waals surface area contributed by atoms with Crippen molar-refractivity contribution in [1.29, 1.82) is 0 Å². The van der Waals surface area contributed by atoms with Crippen LogP contribution < -0.4 is 5.32 Å². The summed E-state index contributed by atoms with van der Waals surface area (Å²) in [7, 11) is -2.14. The Labute approximate surface area is 186 Å². The molecular weight excluding hydrogens is 420 g/mol. The molecule has 2 amide bonds. The molecule has 0 saturated carbocycles. The first-order valence-electron chi connectivity index (χ1n) is 10.8. The van der Waals surface area contributed by atoms with E-state index in [9.17, 15) is 19.5 Å². The average Bonchev–Trinajstić information content (AvgIpc) is 2.61. The topological polar surface area (TPSA) is 114 Å². The number of nitrogens with zero attached hydrogens (tertiary/aromatic N) is 1. The van der Waals surface area contributed by atoms with Gasteiger partial charge in [-0.3, -0.25) is 0 Å². The van der Waals surface area contributed by atoms with Crippen LogP contribution in [0.2, 0.25) is 18.1 Å². The summed E-state index contributed by atoms with van der Waals surface area (Å²) in [4.78, 5) is 37.4. The van der Waals surface area contributed by atoms with E-state index >= 15 is 0 Å². The number of hydrogen-bond acceptors (Lipinski definition) is 6. The van der Waals surface area contributed by atoms with Crippen molar-refractivity contribution in [2.24, 2.45) is 5.92 Å². The molecule has 180 valence electrons. The average molecular weight is 461 g/mol. The molecule has 0 spiro atoms. The van der Waals surface area contributed by atoms with Gasteiger partial charge in [0, 0.05) is 13.1 Å². The molecule has 0 bridgehead atoms. The molecule has 0 aromatic carbocycles. The lowest BCUT2D eigenvalue weighted by Crippen LogP contribution is -2.49. The number of aliphatic carboxylic acids is 1. The summed E-state index contributed by atoms with van der Waals surface area (Å²) in [5, 5.41) is 11.7. The van der Waals surface area contributed by atoms with E-state index in [1.165, 1.54) is 0 Å². The Morgan fingerprint density at radius 1 is 1.10 bits per heavy atom. The van der Waals surface area contributed by atoms with Crippen LogP contribution in [0.15, 0.2) is 0 Å². The molecule has 0 aromatic heterocycles. The molecule has 1 fully saturated rings. The molecule has 0 unspecified atom stereocenters. The van der Waals surface area contributed by atoms with E-state index in [0.29, 0.717) is 25.9 Å². The number of likely N-dealkylation sites (tertiary alicyclic amines) is 1. The van der Waals surface area contributed by atoms with E-state index in [1.807, 2.05) is 33.9 Å². The Kier molecular flexibility index (Phi) is 9.37. The summed E-state index contributed by atoms with van der Waals surface area (Å²) >= 11 is 0. The highest BCUT2D eigenvalue weighted by Crippen LogP contribution is 2.36. The molecule has 2 N–H and O–H groups in total. The van der Waals surface area contributed by atoms with Crippen LogP contribution in [0.1, 0.15) is 54.4 Å². The fraction of sp³-hybridized carbons (Fsp3) is 0.857. The van der Waals surface area contributed by atoms with E-state index in [4.69, 9.17) is 13.9 Å². The predicted molar refractivity (Wildman–Crippen MR) is 120 cm³/mol. The molecular formula is C21H40N2O7Si. The van der Waals surface area contributed by atoms with Crippen LogP contribution in [0.25, 0.3) is 0 Å². The van der Waals surface area contributed by atoms with Gasteiger partial charge in [0.15, 0.2) is 14.4 Å². The van der Waals surface area contributed by atoms with Crippen LogP contribution in [0.4, 0.5) is 9.59 Å². The van der Waals surface area contributed by atoms with E-state index in [1.54, 1.807) is 4.90 Å². The maximum Gasteiger partial charge on any atom is 0.410 e.